The molecular weight excluding hydrogens is 474 g/mol. The lowest BCUT2D eigenvalue weighted by atomic mass is 9.93. The van der Waals surface area contributed by atoms with Crippen LogP contribution in [0.3, 0.4) is 0 Å². The van der Waals surface area contributed by atoms with Gasteiger partial charge in [0.25, 0.3) is 11.7 Å². The number of aryl methyl sites for hydroxylation is 2. The Hall–Kier alpha value is -4.59. The van der Waals surface area contributed by atoms with Crippen molar-refractivity contribution in [3.63, 3.8) is 0 Å². The van der Waals surface area contributed by atoms with Gasteiger partial charge in [0.2, 0.25) is 0 Å². The van der Waals surface area contributed by atoms with Crippen molar-refractivity contribution in [1.29, 1.82) is 0 Å². The van der Waals surface area contributed by atoms with Gasteiger partial charge in [-0.3, -0.25) is 14.5 Å². The first kappa shape index (κ1) is 25.5. The van der Waals surface area contributed by atoms with Gasteiger partial charge < -0.3 is 19.7 Å². The van der Waals surface area contributed by atoms with Crippen LogP contribution in [-0.4, -0.2) is 41.6 Å². The number of nitrogens with zero attached hydrogens (tertiary/aromatic N) is 1. The summed E-state index contributed by atoms with van der Waals surface area (Å²) in [6.45, 7) is 5.45. The number of amides is 1. The van der Waals surface area contributed by atoms with E-state index in [0.29, 0.717) is 22.4 Å². The van der Waals surface area contributed by atoms with Crippen molar-refractivity contribution in [2.24, 2.45) is 0 Å². The molecule has 1 atom stereocenters. The average molecular weight is 502 g/mol. The third-order valence-corrected chi connectivity index (χ3v) is 6.29. The van der Waals surface area contributed by atoms with Crippen LogP contribution in [0.4, 0.5) is 5.69 Å². The minimum absolute atomic E-state index is 0.00614. The number of benzene rings is 3. The highest BCUT2D eigenvalue weighted by Gasteiger charge is 2.47. The molecule has 0 saturated carbocycles. The molecule has 2 N–H and O–H groups in total. The molecule has 0 radical (unpaired) electrons. The lowest BCUT2D eigenvalue weighted by Gasteiger charge is -2.26. The summed E-state index contributed by atoms with van der Waals surface area (Å²) < 4.78 is 10.4. The largest absolute Gasteiger partial charge is 0.508 e. The van der Waals surface area contributed by atoms with E-state index in [0.717, 1.165) is 5.56 Å². The van der Waals surface area contributed by atoms with Gasteiger partial charge in [-0.2, -0.15) is 0 Å². The molecule has 3 aromatic rings. The average Bonchev–Trinajstić information content (AvgIpc) is 3.15. The summed E-state index contributed by atoms with van der Waals surface area (Å²) in [5.74, 6) is -1.99. The molecule has 0 aliphatic carbocycles. The van der Waals surface area contributed by atoms with Crippen molar-refractivity contribution < 1.29 is 34.1 Å². The number of anilines is 1. The number of esters is 1. The number of phenols is 1. The van der Waals surface area contributed by atoms with Crippen LogP contribution in [0.2, 0.25) is 0 Å². The second-order valence-electron chi connectivity index (χ2n) is 8.67. The third kappa shape index (κ3) is 4.65. The van der Waals surface area contributed by atoms with E-state index < -0.39 is 23.7 Å². The Morgan fingerprint density at radius 2 is 1.70 bits per heavy atom. The van der Waals surface area contributed by atoms with Gasteiger partial charge >= 0.3 is 5.97 Å². The van der Waals surface area contributed by atoms with Gasteiger partial charge in [-0.15, -0.1) is 0 Å². The first-order chi connectivity index (χ1) is 17.7. The smallest absolute Gasteiger partial charge is 0.338 e. The maximum atomic E-state index is 13.4. The molecule has 0 bridgehead atoms. The number of Topliss-reactive ketones (excluding diaryl/α,β-unsaturated/α-hetero) is 1. The van der Waals surface area contributed by atoms with E-state index in [2.05, 4.69) is 0 Å². The van der Waals surface area contributed by atoms with E-state index in [-0.39, 0.29) is 34.9 Å². The van der Waals surface area contributed by atoms with Gasteiger partial charge in [0.05, 0.1) is 30.9 Å². The van der Waals surface area contributed by atoms with E-state index in [1.54, 1.807) is 63.4 Å². The molecule has 0 aromatic heterocycles. The summed E-state index contributed by atoms with van der Waals surface area (Å²) in [6.07, 6.45) is 0. The summed E-state index contributed by atoms with van der Waals surface area (Å²) in [5, 5.41) is 21.3. The molecule has 1 fully saturated rings. The summed E-state index contributed by atoms with van der Waals surface area (Å²) in [7, 11) is 1.54. The Labute approximate surface area is 214 Å². The number of rotatable bonds is 6. The monoisotopic (exact) mass is 501 g/mol. The Balaban J connectivity index is 1.94. The molecule has 1 aliphatic rings. The van der Waals surface area contributed by atoms with Crippen LogP contribution in [0.25, 0.3) is 5.76 Å². The zero-order valence-electron chi connectivity index (χ0n) is 20.9. The zero-order valence-corrected chi connectivity index (χ0v) is 20.9. The molecule has 190 valence electrons. The fraction of sp³-hybridized carbons (Fsp3) is 0.207. The maximum absolute atomic E-state index is 13.4. The number of aliphatic hydroxyl groups excluding tert-OH is 1. The van der Waals surface area contributed by atoms with E-state index in [9.17, 15) is 24.6 Å². The molecule has 4 rings (SSSR count). The molecule has 1 aliphatic heterocycles. The van der Waals surface area contributed by atoms with Crippen LogP contribution in [0.5, 0.6) is 11.5 Å². The molecule has 8 heteroatoms. The minimum atomic E-state index is -1.01. The number of ketones is 1. The number of hydrogen-bond acceptors (Lipinski definition) is 7. The van der Waals surface area contributed by atoms with Gasteiger partial charge in [0.1, 0.15) is 17.3 Å². The van der Waals surface area contributed by atoms with E-state index in [1.165, 1.54) is 23.1 Å². The Morgan fingerprint density at radius 3 is 2.35 bits per heavy atom. The van der Waals surface area contributed by atoms with E-state index in [1.807, 2.05) is 6.92 Å². The van der Waals surface area contributed by atoms with Crippen molar-refractivity contribution in [2.75, 3.05) is 18.6 Å². The number of carbonyl (C=O) groups excluding carboxylic acids is 3. The van der Waals surface area contributed by atoms with E-state index >= 15 is 0 Å². The molecule has 8 nitrogen and oxygen atoms in total. The SMILES string of the molecule is CCOC(=O)c1cccc(N2C(=O)C(=O)/C(=C(/O)c3cc(C)c(OC)cc3C)C2c2ccc(O)cc2)c1. The summed E-state index contributed by atoms with van der Waals surface area (Å²) in [6, 6.07) is 14.7. The van der Waals surface area contributed by atoms with Gasteiger partial charge in [-0.25, -0.2) is 4.79 Å². The van der Waals surface area contributed by atoms with E-state index in [4.69, 9.17) is 9.47 Å². The zero-order chi connectivity index (χ0) is 26.9. The van der Waals surface area contributed by atoms with Crippen molar-refractivity contribution in [2.45, 2.75) is 26.8 Å². The Morgan fingerprint density at radius 1 is 1.00 bits per heavy atom. The maximum Gasteiger partial charge on any atom is 0.338 e. The fourth-order valence-corrected chi connectivity index (χ4v) is 4.48. The van der Waals surface area contributed by atoms with Crippen molar-refractivity contribution >= 4 is 29.1 Å². The van der Waals surface area contributed by atoms with Crippen LogP contribution in [0.15, 0.2) is 66.2 Å². The summed E-state index contributed by atoms with van der Waals surface area (Å²) in [4.78, 5) is 40.4. The molecule has 37 heavy (non-hydrogen) atoms. The van der Waals surface area contributed by atoms with Gasteiger partial charge in [-0.1, -0.05) is 18.2 Å². The second kappa shape index (κ2) is 10.2. The molecule has 1 saturated heterocycles. The lowest BCUT2D eigenvalue weighted by Crippen LogP contribution is -2.29. The molecule has 0 spiro atoms. The quantitative estimate of drug-likeness (QED) is 0.215. The van der Waals surface area contributed by atoms with Gasteiger partial charge in [0, 0.05) is 11.3 Å². The minimum Gasteiger partial charge on any atom is -0.508 e. The van der Waals surface area contributed by atoms with Gasteiger partial charge in [-0.05, 0) is 79.9 Å². The van der Waals surface area contributed by atoms with Crippen molar-refractivity contribution in [1.82, 2.24) is 0 Å². The van der Waals surface area contributed by atoms with Crippen LogP contribution in [0.1, 0.15) is 45.6 Å². The Kier molecular flexibility index (Phi) is 7.02. The van der Waals surface area contributed by atoms with Crippen LogP contribution in [-0.2, 0) is 14.3 Å². The fourth-order valence-electron chi connectivity index (χ4n) is 4.48. The highest BCUT2D eigenvalue weighted by Crippen LogP contribution is 2.43. The summed E-state index contributed by atoms with van der Waals surface area (Å²) in [5.41, 5.74) is 2.67. The Bertz CT molecular complexity index is 1420. The molecular formula is C29H27NO7. The first-order valence-corrected chi connectivity index (χ1v) is 11.7. The van der Waals surface area contributed by atoms with Crippen LogP contribution in [0, 0.1) is 13.8 Å². The molecule has 1 amide bonds. The highest BCUT2D eigenvalue weighted by atomic mass is 16.5. The first-order valence-electron chi connectivity index (χ1n) is 11.7. The highest BCUT2D eigenvalue weighted by molar-refractivity contribution is 6.51. The number of aliphatic hydroxyl groups is 1. The standard InChI is InChI=1S/C29H27NO7/c1-5-37-29(35)19-7-6-8-20(15-19)30-25(18-9-11-21(31)12-10-18)24(27(33)28(30)34)26(32)22-13-17(3)23(36-4)14-16(22)2/h6-15,25,31-32H,5H2,1-4H3/b26-24+. The number of phenolic OH excluding ortho intramolecular Hbond substituents is 1. The predicted octanol–water partition coefficient (Wildman–Crippen LogP) is 4.82. The summed E-state index contributed by atoms with van der Waals surface area (Å²) >= 11 is 0. The number of methoxy groups -OCH3 is 1. The topological polar surface area (TPSA) is 113 Å². The molecule has 1 unspecified atom stereocenters. The van der Waals surface area contributed by atoms with Crippen LogP contribution < -0.4 is 9.64 Å². The number of aromatic hydroxyl groups is 1. The molecule has 3 aromatic carbocycles. The number of carbonyl (C=O) groups is 3. The second-order valence-corrected chi connectivity index (χ2v) is 8.67. The third-order valence-electron chi connectivity index (χ3n) is 6.29. The van der Waals surface area contributed by atoms with Crippen molar-refractivity contribution in [3.05, 3.63) is 94.1 Å². The number of ether oxygens (including phenoxy) is 2. The number of hydrogen-bond donors (Lipinski definition) is 2. The predicted molar refractivity (Wildman–Crippen MR) is 138 cm³/mol. The normalized spacial score (nSPS) is 16.6. The van der Waals surface area contributed by atoms with Crippen LogP contribution >= 0.6 is 0 Å². The lowest BCUT2D eigenvalue weighted by molar-refractivity contribution is -0.132. The molecule has 1 heterocycles. The van der Waals surface area contributed by atoms with Gasteiger partial charge in [0.15, 0.2) is 0 Å². The van der Waals surface area contributed by atoms with Crippen molar-refractivity contribution in [3.8, 4) is 11.5 Å².